The molecule has 0 spiro atoms. The van der Waals surface area contributed by atoms with E-state index in [1.165, 1.54) is 5.69 Å². The molecule has 1 saturated heterocycles. The van der Waals surface area contributed by atoms with Crippen molar-refractivity contribution in [1.82, 2.24) is 24.8 Å². The van der Waals surface area contributed by atoms with Crippen molar-refractivity contribution in [2.75, 3.05) is 25.0 Å². The van der Waals surface area contributed by atoms with Crippen molar-refractivity contribution >= 4 is 5.69 Å². The molecule has 6 heteroatoms. The molecule has 3 heterocycles. The molecule has 0 unspecified atom stereocenters. The van der Waals surface area contributed by atoms with Crippen molar-refractivity contribution in [3.63, 3.8) is 0 Å². The van der Waals surface area contributed by atoms with Crippen LogP contribution < -0.4 is 4.90 Å². The molecule has 0 bridgehead atoms. The molecule has 1 aliphatic heterocycles. The lowest BCUT2D eigenvalue weighted by molar-refractivity contribution is 0.196. The highest BCUT2D eigenvalue weighted by atomic mass is 15.2. The second-order valence-corrected chi connectivity index (χ2v) is 7.69. The molecule has 1 N–H and O–H groups in total. The number of imidazole rings is 1. The number of piperidine rings is 1. The molecule has 4 rings (SSSR count). The van der Waals surface area contributed by atoms with Crippen molar-refractivity contribution in [3.8, 4) is 11.3 Å². The highest BCUT2D eigenvalue weighted by Gasteiger charge is 2.23. The zero-order valence-corrected chi connectivity index (χ0v) is 16.9. The SMILES string of the molecule is Cc1nccc(-c2cccc(N3CCC(N(C)Cc4ncc(C)[nH]4)CC3)c2)n1. The smallest absolute Gasteiger partial charge is 0.125 e. The number of nitrogens with one attached hydrogen (secondary N) is 1. The number of anilines is 1. The topological polar surface area (TPSA) is 60.9 Å². The van der Waals surface area contributed by atoms with Gasteiger partial charge in [-0.05, 0) is 51.9 Å². The average Bonchev–Trinajstić information content (AvgIpc) is 3.13. The van der Waals surface area contributed by atoms with Crippen LogP contribution in [0.3, 0.4) is 0 Å². The zero-order valence-electron chi connectivity index (χ0n) is 16.9. The van der Waals surface area contributed by atoms with Crippen LogP contribution in [0.15, 0.2) is 42.7 Å². The molecular weight excluding hydrogens is 348 g/mol. The van der Waals surface area contributed by atoms with E-state index < -0.39 is 0 Å². The Bertz CT molecular complexity index is 926. The summed E-state index contributed by atoms with van der Waals surface area (Å²) in [4.78, 5) is 21.4. The van der Waals surface area contributed by atoms with Crippen molar-refractivity contribution in [2.45, 2.75) is 39.3 Å². The Labute approximate surface area is 166 Å². The largest absolute Gasteiger partial charge is 0.371 e. The highest BCUT2D eigenvalue weighted by Crippen LogP contribution is 2.27. The second-order valence-electron chi connectivity index (χ2n) is 7.69. The number of H-pyrrole nitrogens is 1. The van der Waals surface area contributed by atoms with Gasteiger partial charge >= 0.3 is 0 Å². The van der Waals surface area contributed by atoms with Crippen LogP contribution in [0.4, 0.5) is 5.69 Å². The molecule has 3 aromatic rings. The van der Waals surface area contributed by atoms with Gasteiger partial charge in [0.25, 0.3) is 0 Å². The molecule has 2 aromatic heterocycles. The molecule has 146 valence electrons. The van der Waals surface area contributed by atoms with Gasteiger partial charge in [-0.25, -0.2) is 15.0 Å². The van der Waals surface area contributed by atoms with Gasteiger partial charge in [0.2, 0.25) is 0 Å². The van der Waals surface area contributed by atoms with E-state index in [2.05, 4.69) is 61.0 Å². The lowest BCUT2D eigenvalue weighted by Gasteiger charge is -2.37. The van der Waals surface area contributed by atoms with Gasteiger partial charge in [0.1, 0.15) is 11.6 Å². The Morgan fingerprint density at radius 2 is 1.96 bits per heavy atom. The number of benzene rings is 1. The summed E-state index contributed by atoms with van der Waals surface area (Å²) < 4.78 is 0. The summed E-state index contributed by atoms with van der Waals surface area (Å²) in [6, 6.07) is 11.3. The number of hydrogen-bond acceptors (Lipinski definition) is 5. The van der Waals surface area contributed by atoms with Gasteiger partial charge in [0.05, 0.1) is 12.2 Å². The molecule has 0 aliphatic carbocycles. The van der Waals surface area contributed by atoms with Gasteiger partial charge < -0.3 is 9.88 Å². The maximum atomic E-state index is 4.56. The maximum absolute atomic E-state index is 4.56. The Balaban J connectivity index is 1.39. The number of hydrogen-bond donors (Lipinski definition) is 1. The molecule has 0 atom stereocenters. The summed E-state index contributed by atoms with van der Waals surface area (Å²) in [5.74, 6) is 1.86. The number of aromatic amines is 1. The van der Waals surface area contributed by atoms with E-state index in [9.17, 15) is 0 Å². The monoisotopic (exact) mass is 376 g/mol. The maximum Gasteiger partial charge on any atom is 0.125 e. The summed E-state index contributed by atoms with van der Waals surface area (Å²) in [6.45, 7) is 6.99. The first-order chi connectivity index (χ1) is 13.6. The molecule has 0 amide bonds. The summed E-state index contributed by atoms with van der Waals surface area (Å²) in [6.07, 6.45) is 6.05. The van der Waals surface area contributed by atoms with Gasteiger partial charge in [0.15, 0.2) is 0 Å². The average molecular weight is 377 g/mol. The molecular formula is C22H28N6. The van der Waals surface area contributed by atoms with Gasteiger partial charge in [0, 0.05) is 48.5 Å². The number of nitrogens with zero attached hydrogens (tertiary/aromatic N) is 5. The third-order valence-electron chi connectivity index (χ3n) is 5.53. The zero-order chi connectivity index (χ0) is 19.5. The second kappa shape index (κ2) is 8.10. The fourth-order valence-corrected chi connectivity index (χ4v) is 3.96. The highest BCUT2D eigenvalue weighted by molar-refractivity contribution is 5.65. The minimum Gasteiger partial charge on any atom is -0.371 e. The predicted octanol–water partition coefficient (Wildman–Crippen LogP) is 3.58. The van der Waals surface area contributed by atoms with Gasteiger partial charge in [-0.3, -0.25) is 4.90 Å². The quantitative estimate of drug-likeness (QED) is 0.737. The number of aryl methyl sites for hydroxylation is 2. The van der Waals surface area contributed by atoms with Crippen molar-refractivity contribution in [1.29, 1.82) is 0 Å². The Morgan fingerprint density at radius 3 is 2.68 bits per heavy atom. The van der Waals surface area contributed by atoms with E-state index in [4.69, 9.17) is 0 Å². The molecule has 1 fully saturated rings. The predicted molar refractivity (Wildman–Crippen MR) is 112 cm³/mol. The van der Waals surface area contributed by atoms with Crippen LogP contribution in [0, 0.1) is 13.8 Å². The standard InChI is InChI=1S/C22H28N6/c1-16-14-24-22(25-16)15-27(3)19-8-11-28(12-9-19)20-6-4-5-18(13-20)21-7-10-23-17(2)26-21/h4-7,10,13-14,19H,8-9,11-12,15H2,1-3H3,(H,24,25). The van der Waals surface area contributed by atoms with Crippen LogP contribution in [-0.2, 0) is 6.54 Å². The van der Waals surface area contributed by atoms with E-state index in [1.807, 2.05) is 32.3 Å². The fourth-order valence-electron chi connectivity index (χ4n) is 3.96. The van der Waals surface area contributed by atoms with Crippen LogP contribution in [0.5, 0.6) is 0 Å². The normalized spacial score (nSPS) is 15.4. The van der Waals surface area contributed by atoms with Crippen LogP contribution in [0.1, 0.15) is 30.2 Å². The van der Waals surface area contributed by atoms with Gasteiger partial charge in [-0.15, -0.1) is 0 Å². The van der Waals surface area contributed by atoms with Crippen LogP contribution in [0.2, 0.25) is 0 Å². The van der Waals surface area contributed by atoms with Crippen LogP contribution >= 0.6 is 0 Å². The van der Waals surface area contributed by atoms with Crippen LogP contribution in [0.25, 0.3) is 11.3 Å². The molecule has 0 saturated carbocycles. The van der Waals surface area contributed by atoms with E-state index >= 15 is 0 Å². The Morgan fingerprint density at radius 1 is 1.14 bits per heavy atom. The first kappa shape index (κ1) is 18.6. The van der Waals surface area contributed by atoms with Crippen molar-refractivity contribution in [3.05, 3.63) is 60.1 Å². The molecule has 6 nitrogen and oxygen atoms in total. The molecule has 28 heavy (non-hydrogen) atoms. The third-order valence-corrected chi connectivity index (χ3v) is 5.53. The number of rotatable bonds is 5. The first-order valence-electron chi connectivity index (χ1n) is 9.94. The molecule has 0 radical (unpaired) electrons. The van der Waals surface area contributed by atoms with Crippen molar-refractivity contribution < 1.29 is 0 Å². The third kappa shape index (κ3) is 4.22. The van der Waals surface area contributed by atoms with E-state index in [1.54, 1.807) is 0 Å². The summed E-state index contributed by atoms with van der Waals surface area (Å²) in [7, 11) is 2.20. The minimum absolute atomic E-state index is 0.592. The van der Waals surface area contributed by atoms with Crippen LogP contribution in [-0.4, -0.2) is 51.0 Å². The lowest BCUT2D eigenvalue weighted by Crippen LogP contribution is -2.43. The minimum atomic E-state index is 0.592. The van der Waals surface area contributed by atoms with Gasteiger partial charge in [-0.1, -0.05) is 12.1 Å². The molecule has 1 aliphatic rings. The fraction of sp³-hybridized carbons (Fsp3) is 0.409. The summed E-state index contributed by atoms with van der Waals surface area (Å²) >= 11 is 0. The summed E-state index contributed by atoms with van der Waals surface area (Å²) in [5, 5.41) is 0. The van der Waals surface area contributed by atoms with Gasteiger partial charge in [-0.2, -0.15) is 0 Å². The molecule has 1 aromatic carbocycles. The Kier molecular flexibility index (Phi) is 5.39. The van der Waals surface area contributed by atoms with Crippen molar-refractivity contribution in [2.24, 2.45) is 0 Å². The van der Waals surface area contributed by atoms with E-state index in [-0.39, 0.29) is 0 Å². The summed E-state index contributed by atoms with van der Waals surface area (Å²) in [5.41, 5.74) is 4.53. The Hall–Kier alpha value is -2.73. The number of aromatic nitrogens is 4. The lowest BCUT2D eigenvalue weighted by atomic mass is 10.0. The van der Waals surface area contributed by atoms with E-state index in [0.29, 0.717) is 6.04 Å². The van der Waals surface area contributed by atoms with E-state index in [0.717, 1.165) is 61.1 Å². The first-order valence-corrected chi connectivity index (χ1v) is 9.94.